The molecule has 0 saturated carbocycles. The summed E-state index contributed by atoms with van der Waals surface area (Å²) in [6.45, 7) is 0.963. The molecule has 5 heteroatoms. The molecule has 1 aliphatic heterocycles. The van der Waals surface area contributed by atoms with Gasteiger partial charge < -0.3 is 9.09 Å². The van der Waals surface area contributed by atoms with Gasteiger partial charge in [0.2, 0.25) is 0 Å². The molecule has 0 spiro atoms. The highest BCUT2D eigenvalue weighted by Crippen LogP contribution is 2.26. The molecule has 0 N–H and O–H groups in total. The monoisotopic (exact) mass is 294 g/mol. The SMILES string of the molecule is c1ccc(-c2cc(-c3nnc4n3CCCCCC4)no2)cc1. The maximum absolute atomic E-state index is 5.49. The van der Waals surface area contributed by atoms with Gasteiger partial charge in [-0.15, -0.1) is 10.2 Å². The molecule has 1 aliphatic rings. The van der Waals surface area contributed by atoms with Crippen LogP contribution in [0.25, 0.3) is 22.8 Å². The van der Waals surface area contributed by atoms with E-state index in [1.807, 2.05) is 36.4 Å². The maximum atomic E-state index is 5.49. The van der Waals surface area contributed by atoms with E-state index in [1.165, 1.54) is 25.7 Å². The first-order chi connectivity index (χ1) is 10.9. The lowest BCUT2D eigenvalue weighted by Crippen LogP contribution is -2.08. The summed E-state index contributed by atoms with van der Waals surface area (Å²) in [6, 6.07) is 11.9. The Balaban J connectivity index is 1.70. The van der Waals surface area contributed by atoms with E-state index in [0.29, 0.717) is 0 Å². The molecule has 22 heavy (non-hydrogen) atoms. The van der Waals surface area contributed by atoms with Crippen LogP contribution < -0.4 is 0 Å². The number of hydrogen-bond acceptors (Lipinski definition) is 4. The van der Waals surface area contributed by atoms with Gasteiger partial charge in [0.25, 0.3) is 0 Å². The third-order valence-corrected chi connectivity index (χ3v) is 4.16. The molecule has 3 aromatic rings. The van der Waals surface area contributed by atoms with Crippen LogP contribution in [-0.4, -0.2) is 19.9 Å². The predicted octanol–water partition coefficient (Wildman–Crippen LogP) is 3.72. The first kappa shape index (κ1) is 13.2. The molecule has 0 bridgehead atoms. The van der Waals surface area contributed by atoms with Crippen molar-refractivity contribution in [3.8, 4) is 22.8 Å². The Bertz CT molecular complexity index is 760. The molecule has 0 unspecified atom stereocenters. The molecule has 0 amide bonds. The molecule has 2 aromatic heterocycles. The van der Waals surface area contributed by atoms with Crippen molar-refractivity contribution >= 4 is 0 Å². The Labute approximate surface area is 129 Å². The van der Waals surface area contributed by atoms with Crippen LogP contribution in [0.3, 0.4) is 0 Å². The smallest absolute Gasteiger partial charge is 0.186 e. The summed E-state index contributed by atoms with van der Waals surface area (Å²) in [5.41, 5.74) is 1.78. The van der Waals surface area contributed by atoms with Gasteiger partial charge >= 0.3 is 0 Å². The first-order valence-corrected chi connectivity index (χ1v) is 7.86. The van der Waals surface area contributed by atoms with Crippen LogP contribution in [0.2, 0.25) is 0 Å². The van der Waals surface area contributed by atoms with E-state index in [-0.39, 0.29) is 0 Å². The minimum absolute atomic E-state index is 0.762. The van der Waals surface area contributed by atoms with Crippen molar-refractivity contribution in [2.45, 2.75) is 38.6 Å². The molecule has 4 rings (SSSR count). The van der Waals surface area contributed by atoms with E-state index in [2.05, 4.69) is 19.9 Å². The Morgan fingerprint density at radius 3 is 2.73 bits per heavy atom. The summed E-state index contributed by atoms with van der Waals surface area (Å²) in [5, 5.41) is 12.9. The van der Waals surface area contributed by atoms with Gasteiger partial charge in [-0.1, -0.05) is 48.3 Å². The van der Waals surface area contributed by atoms with E-state index in [4.69, 9.17) is 4.52 Å². The molecule has 5 nitrogen and oxygen atoms in total. The van der Waals surface area contributed by atoms with Crippen LogP contribution in [0.4, 0.5) is 0 Å². The fraction of sp³-hybridized carbons (Fsp3) is 0.353. The van der Waals surface area contributed by atoms with Gasteiger partial charge in [0.1, 0.15) is 5.82 Å². The zero-order valence-corrected chi connectivity index (χ0v) is 12.4. The van der Waals surface area contributed by atoms with Crippen molar-refractivity contribution in [3.63, 3.8) is 0 Å². The molecular formula is C17H18N4O. The van der Waals surface area contributed by atoms with Gasteiger partial charge in [0, 0.05) is 24.6 Å². The van der Waals surface area contributed by atoms with E-state index < -0.39 is 0 Å². The van der Waals surface area contributed by atoms with E-state index in [0.717, 1.165) is 41.6 Å². The fourth-order valence-corrected chi connectivity index (χ4v) is 2.97. The number of aryl methyl sites for hydroxylation is 1. The van der Waals surface area contributed by atoms with Crippen LogP contribution in [0.5, 0.6) is 0 Å². The average molecular weight is 294 g/mol. The zero-order valence-electron chi connectivity index (χ0n) is 12.4. The summed E-state index contributed by atoms with van der Waals surface area (Å²) in [6.07, 6.45) is 5.90. The molecule has 0 atom stereocenters. The Kier molecular flexibility index (Phi) is 3.46. The van der Waals surface area contributed by atoms with Crippen LogP contribution in [-0.2, 0) is 13.0 Å². The van der Waals surface area contributed by atoms with Gasteiger partial charge in [-0.3, -0.25) is 0 Å². The van der Waals surface area contributed by atoms with Crippen molar-refractivity contribution in [1.29, 1.82) is 0 Å². The molecule has 3 heterocycles. The number of hydrogen-bond donors (Lipinski definition) is 0. The van der Waals surface area contributed by atoms with Gasteiger partial charge in [0.15, 0.2) is 17.3 Å². The standard InChI is InChI=1S/C17H18N4O/c1-2-7-11-21-16(10-6-1)18-19-17(21)14-12-15(22-20-14)13-8-4-3-5-9-13/h3-5,8-9,12H,1-2,6-7,10-11H2. The Morgan fingerprint density at radius 2 is 1.82 bits per heavy atom. The van der Waals surface area contributed by atoms with Crippen molar-refractivity contribution in [2.24, 2.45) is 0 Å². The molecular weight excluding hydrogens is 276 g/mol. The van der Waals surface area contributed by atoms with Crippen molar-refractivity contribution in [2.75, 3.05) is 0 Å². The molecule has 0 aliphatic carbocycles. The van der Waals surface area contributed by atoms with Crippen molar-refractivity contribution < 1.29 is 4.52 Å². The van der Waals surface area contributed by atoms with Gasteiger partial charge in [0.05, 0.1) is 0 Å². The van der Waals surface area contributed by atoms with Gasteiger partial charge in [-0.25, -0.2) is 0 Å². The zero-order chi connectivity index (χ0) is 14.8. The van der Waals surface area contributed by atoms with Gasteiger partial charge in [-0.2, -0.15) is 0 Å². The Morgan fingerprint density at radius 1 is 0.955 bits per heavy atom. The van der Waals surface area contributed by atoms with Gasteiger partial charge in [-0.05, 0) is 12.8 Å². The third kappa shape index (κ3) is 2.43. The fourth-order valence-electron chi connectivity index (χ4n) is 2.97. The van der Waals surface area contributed by atoms with Crippen LogP contribution in [0.15, 0.2) is 40.9 Å². The average Bonchev–Trinajstić information content (AvgIpc) is 3.15. The second kappa shape index (κ2) is 5.75. The lowest BCUT2D eigenvalue weighted by atomic mass is 10.1. The molecule has 0 radical (unpaired) electrons. The normalized spacial score (nSPS) is 15.1. The summed E-state index contributed by atoms with van der Waals surface area (Å²) in [7, 11) is 0. The highest BCUT2D eigenvalue weighted by atomic mass is 16.5. The molecule has 1 aromatic carbocycles. The second-order valence-corrected chi connectivity index (χ2v) is 5.70. The number of aromatic nitrogens is 4. The largest absolute Gasteiger partial charge is 0.356 e. The van der Waals surface area contributed by atoms with E-state index in [9.17, 15) is 0 Å². The summed E-state index contributed by atoms with van der Waals surface area (Å²) >= 11 is 0. The second-order valence-electron chi connectivity index (χ2n) is 5.70. The van der Waals surface area contributed by atoms with Crippen LogP contribution >= 0.6 is 0 Å². The number of benzene rings is 1. The minimum atomic E-state index is 0.762. The van der Waals surface area contributed by atoms with Crippen LogP contribution in [0.1, 0.15) is 31.5 Å². The van der Waals surface area contributed by atoms with Crippen molar-refractivity contribution in [3.05, 3.63) is 42.2 Å². The number of fused-ring (bicyclic) bond motifs is 1. The van der Waals surface area contributed by atoms with E-state index >= 15 is 0 Å². The summed E-state index contributed by atoms with van der Waals surface area (Å²) < 4.78 is 7.69. The quantitative estimate of drug-likeness (QED) is 0.723. The topological polar surface area (TPSA) is 56.7 Å². The number of nitrogens with zero attached hydrogens (tertiary/aromatic N) is 4. The lowest BCUT2D eigenvalue weighted by Gasteiger charge is -2.12. The molecule has 0 saturated heterocycles. The third-order valence-electron chi connectivity index (χ3n) is 4.16. The van der Waals surface area contributed by atoms with Crippen molar-refractivity contribution in [1.82, 2.24) is 19.9 Å². The first-order valence-electron chi connectivity index (χ1n) is 7.86. The maximum Gasteiger partial charge on any atom is 0.186 e. The molecule has 112 valence electrons. The van der Waals surface area contributed by atoms with E-state index in [1.54, 1.807) is 0 Å². The van der Waals surface area contributed by atoms with Crippen LogP contribution in [0, 0.1) is 0 Å². The Hall–Kier alpha value is -2.43. The number of rotatable bonds is 2. The molecule has 0 fully saturated rings. The minimum Gasteiger partial charge on any atom is -0.356 e. The lowest BCUT2D eigenvalue weighted by molar-refractivity contribution is 0.433. The summed E-state index contributed by atoms with van der Waals surface area (Å²) in [5.74, 6) is 2.65. The predicted molar refractivity (Wildman–Crippen MR) is 83.1 cm³/mol. The highest BCUT2D eigenvalue weighted by Gasteiger charge is 2.18. The highest BCUT2D eigenvalue weighted by molar-refractivity contribution is 5.63. The summed E-state index contributed by atoms with van der Waals surface area (Å²) in [4.78, 5) is 0.